The molecule has 6 nitrogen and oxygen atoms in total. The average Bonchev–Trinajstić information content (AvgIpc) is 2.70. The van der Waals surface area contributed by atoms with Crippen LogP contribution in [0.5, 0.6) is 5.75 Å². The zero-order chi connectivity index (χ0) is 19.1. The van der Waals surface area contributed by atoms with E-state index >= 15 is 0 Å². The monoisotopic (exact) mass is 362 g/mol. The van der Waals surface area contributed by atoms with Gasteiger partial charge in [0.15, 0.2) is 0 Å². The van der Waals surface area contributed by atoms with Gasteiger partial charge in [0.1, 0.15) is 17.4 Å². The Hall–Kier alpha value is -3.30. The third-order valence-electron chi connectivity index (χ3n) is 4.49. The number of nitrogens with zero attached hydrogens (tertiary/aromatic N) is 3. The molecule has 2 aromatic rings. The first kappa shape index (κ1) is 18.5. The van der Waals surface area contributed by atoms with E-state index in [1.165, 1.54) is 17.8 Å². The summed E-state index contributed by atoms with van der Waals surface area (Å²) >= 11 is 0. The van der Waals surface area contributed by atoms with Crippen LogP contribution >= 0.6 is 0 Å². The molecular formula is C21H22N4O2. The number of rotatable bonds is 5. The lowest BCUT2D eigenvalue weighted by molar-refractivity contribution is -0.128. The van der Waals surface area contributed by atoms with E-state index in [1.807, 2.05) is 24.3 Å². The Labute approximate surface area is 158 Å². The number of hydrogen-bond donors (Lipinski definition) is 2. The fraction of sp³-hybridized carbons (Fsp3) is 0.238. The molecule has 2 N–H and O–H groups in total. The van der Waals surface area contributed by atoms with Gasteiger partial charge in [0.2, 0.25) is 0 Å². The number of hydrogen-bond acceptors (Lipinski definition) is 5. The van der Waals surface area contributed by atoms with Crippen LogP contribution in [0.4, 0.5) is 5.69 Å². The number of carbonyl (C=O) groups excluding carboxylic acids is 1. The van der Waals surface area contributed by atoms with Crippen LogP contribution in [-0.2, 0) is 11.3 Å². The second kappa shape index (κ2) is 8.88. The van der Waals surface area contributed by atoms with Gasteiger partial charge in [-0.1, -0.05) is 36.4 Å². The summed E-state index contributed by atoms with van der Waals surface area (Å²) in [4.78, 5) is 16.6. The highest BCUT2D eigenvalue weighted by atomic mass is 16.3. The van der Waals surface area contributed by atoms with Crippen molar-refractivity contribution in [1.82, 2.24) is 9.80 Å². The SMILES string of the molecule is N#C/C(=C/Nc1cccc(O)c1)C(=O)N1CCN(Cc2ccccc2)CC1. The van der Waals surface area contributed by atoms with E-state index in [0.717, 1.165) is 19.6 Å². The summed E-state index contributed by atoms with van der Waals surface area (Å²) in [7, 11) is 0. The number of aromatic hydroxyl groups is 1. The van der Waals surface area contributed by atoms with Crippen LogP contribution < -0.4 is 5.32 Å². The van der Waals surface area contributed by atoms with Crippen molar-refractivity contribution in [3.63, 3.8) is 0 Å². The number of anilines is 1. The van der Waals surface area contributed by atoms with Crippen molar-refractivity contribution < 1.29 is 9.90 Å². The molecule has 1 saturated heterocycles. The summed E-state index contributed by atoms with van der Waals surface area (Å²) in [5, 5.41) is 21.7. The minimum atomic E-state index is -0.274. The predicted octanol–water partition coefficient (Wildman–Crippen LogP) is 2.56. The maximum Gasteiger partial charge on any atom is 0.266 e. The molecule has 138 valence electrons. The third-order valence-corrected chi connectivity index (χ3v) is 4.49. The Morgan fingerprint density at radius 1 is 1.11 bits per heavy atom. The molecule has 1 fully saturated rings. The van der Waals surface area contributed by atoms with E-state index in [0.29, 0.717) is 18.8 Å². The predicted molar refractivity (Wildman–Crippen MR) is 104 cm³/mol. The van der Waals surface area contributed by atoms with Gasteiger partial charge < -0.3 is 15.3 Å². The summed E-state index contributed by atoms with van der Waals surface area (Å²) in [5.41, 5.74) is 1.92. The van der Waals surface area contributed by atoms with Gasteiger partial charge in [-0.25, -0.2) is 0 Å². The maximum atomic E-state index is 12.6. The zero-order valence-electron chi connectivity index (χ0n) is 15.0. The van der Waals surface area contributed by atoms with Crippen molar-refractivity contribution in [3.05, 3.63) is 71.9 Å². The number of carbonyl (C=O) groups is 1. The Morgan fingerprint density at radius 2 is 1.85 bits per heavy atom. The number of benzene rings is 2. The van der Waals surface area contributed by atoms with Gasteiger partial charge in [0.25, 0.3) is 5.91 Å². The van der Waals surface area contributed by atoms with Gasteiger partial charge in [-0.3, -0.25) is 9.69 Å². The fourth-order valence-corrected chi connectivity index (χ4v) is 3.01. The summed E-state index contributed by atoms with van der Waals surface area (Å²) in [6, 6.07) is 18.7. The molecule has 27 heavy (non-hydrogen) atoms. The Kier molecular flexibility index (Phi) is 6.08. The molecule has 6 heteroatoms. The van der Waals surface area contributed by atoms with Gasteiger partial charge >= 0.3 is 0 Å². The Morgan fingerprint density at radius 3 is 2.52 bits per heavy atom. The molecule has 0 aromatic heterocycles. The van der Waals surface area contributed by atoms with Crippen LogP contribution in [0.25, 0.3) is 0 Å². The number of nitriles is 1. The van der Waals surface area contributed by atoms with Crippen molar-refractivity contribution in [2.24, 2.45) is 0 Å². The average molecular weight is 362 g/mol. The molecule has 0 saturated carbocycles. The highest BCUT2D eigenvalue weighted by molar-refractivity contribution is 5.97. The first-order valence-corrected chi connectivity index (χ1v) is 8.87. The molecule has 0 radical (unpaired) electrons. The van der Waals surface area contributed by atoms with Gasteiger partial charge in [0.05, 0.1) is 0 Å². The first-order valence-electron chi connectivity index (χ1n) is 8.87. The topological polar surface area (TPSA) is 79.6 Å². The smallest absolute Gasteiger partial charge is 0.266 e. The van der Waals surface area contributed by atoms with Crippen LogP contribution in [-0.4, -0.2) is 47.0 Å². The standard InChI is InChI=1S/C21H22N4O2/c22-14-18(15-23-19-7-4-8-20(26)13-19)21(27)25-11-9-24(10-12-25)16-17-5-2-1-3-6-17/h1-8,13,15,23,26H,9-12,16H2/b18-15-. The van der Waals surface area contributed by atoms with Crippen LogP contribution in [0.1, 0.15) is 5.56 Å². The van der Waals surface area contributed by atoms with Gasteiger partial charge in [-0.05, 0) is 17.7 Å². The molecule has 3 rings (SSSR count). The lowest BCUT2D eigenvalue weighted by Crippen LogP contribution is -2.48. The van der Waals surface area contributed by atoms with E-state index in [9.17, 15) is 15.2 Å². The van der Waals surface area contributed by atoms with Gasteiger partial charge in [-0.2, -0.15) is 5.26 Å². The summed E-state index contributed by atoms with van der Waals surface area (Å²) in [6.07, 6.45) is 1.40. The minimum absolute atomic E-state index is 0.0508. The summed E-state index contributed by atoms with van der Waals surface area (Å²) in [6.45, 7) is 3.61. The number of piperazine rings is 1. The van der Waals surface area contributed by atoms with E-state index in [-0.39, 0.29) is 17.2 Å². The number of amides is 1. The molecular weight excluding hydrogens is 340 g/mol. The van der Waals surface area contributed by atoms with E-state index in [1.54, 1.807) is 23.1 Å². The second-order valence-corrected chi connectivity index (χ2v) is 6.42. The highest BCUT2D eigenvalue weighted by Gasteiger charge is 2.23. The third kappa shape index (κ3) is 5.09. The van der Waals surface area contributed by atoms with Crippen molar-refractivity contribution in [2.45, 2.75) is 6.54 Å². The fourth-order valence-electron chi connectivity index (χ4n) is 3.01. The van der Waals surface area contributed by atoms with E-state index in [4.69, 9.17) is 0 Å². The normalized spacial score (nSPS) is 15.2. The zero-order valence-corrected chi connectivity index (χ0v) is 15.0. The molecule has 0 unspecified atom stereocenters. The number of phenolic OH excluding ortho intramolecular Hbond substituents is 1. The second-order valence-electron chi connectivity index (χ2n) is 6.42. The molecule has 1 heterocycles. The van der Waals surface area contributed by atoms with Crippen LogP contribution in [0.3, 0.4) is 0 Å². The van der Waals surface area contributed by atoms with Gasteiger partial charge in [0, 0.05) is 50.7 Å². The number of nitrogens with one attached hydrogen (secondary N) is 1. The Bertz CT molecular complexity index is 850. The first-order chi connectivity index (χ1) is 13.2. The van der Waals surface area contributed by atoms with E-state index < -0.39 is 0 Å². The molecule has 0 atom stereocenters. The molecule has 2 aromatic carbocycles. The minimum Gasteiger partial charge on any atom is -0.508 e. The molecule has 0 spiro atoms. The lowest BCUT2D eigenvalue weighted by atomic mass is 10.2. The molecule has 1 amide bonds. The quantitative estimate of drug-likeness (QED) is 0.631. The largest absolute Gasteiger partial charge is 0.508 e. The highest BCUT2D eigenvalue weighted by Crippen LogP contribution is 2.16. The number of phenols is 1. The van der Waals surface area contributed by atoms with Crippen LogP contribution in [0, 0.1) is 11.3 Å². The summed E-state index contributed by atoms with van der Waals surface area (Å²) < 4.78 is 0. The van der Waals surface area contributed by atoms with Crippen molar-refractivity contribution in [3.8, 4) is 11.8 Å². The van der Waals surface area contributed by atoms with Crippen molar-refractivity contribution >= 4 is 11.6 Å². The maximum absolute atomic E-state index is 12.6. The van der Waals surface area contributed by atoms with Crippen molar-refractivity contribution in [2.75, 3.05) is 31.5 Å². The van der Waals surface area contributed by atoms with Gasteiger partial charge in [-0.15, -0.1) is 0 Å². The Balaban J connectivity index is 1.55. The molecule has 1 aliphatic heterocycles. The van der Waals surface area contributed by atoms with Crippen LogP contribution in [0.15, 0.2) is 66.4 Å². The molecule has 0 aliphatic carbocycles. The van der Waals surface area contributed by atoms with Crippen LogP contribution in [0.2, 0.25) is 0 Å². The molecule has 1 aliphatic rings. The summed E-state index contributed by atoms with van der Waals surface area (Å²) in [5.74, 6) is -0.155. The lowest BCUT2D eigenvalue weighted by Gasteiger charge is -2.34. The van der Waals surface area contributed by atoms with E-state index in [2.05, 4.69) is 22.3 Å². The van der Waals surface area contributed by atoms with Crippen molar-refractivity contribution in [1.29, 1.82) is 5.26 Å². The molecule has 0 bridgehead atoms.